The van der Waals surface area contributed by atoms with Crippen LogP contribution in [0.1, 0.15) is 12.5 Å². The molecule has 5 heteroatoms. The summed E-state index contributed by atoms with van der Waals surface area (Å²) >= 11 is 2.90. The van der Waals surface area contributed by atoms with E-state index >= 15 is 0 Å². The number of aliphatic carboxylic acids is 1. The Morgan fingerprint density at radius 3 is 2.55 bits per heavy atom. The van der Waals surface area contributed by atoms with E-state index in [0.29, 0.717) is 9.49 Å². The molecule has 0 spiro atoms. The van der Waals surface area contributed by atoms with E-state index in [-0.39, 0.29) is 5.57 Å². The van der Waals surface area contributed by atoms with Crippen molar-refractivity contribution in [2.75, 3.05) is 5.75 Å². The number of hydrogen-bond donors (Lipinski definition) is 1. The zero-order valence-electron chi connectivity index (χ0n) is 10.9. The lowest BCUT2D eigenvalue weighted by Gasteiger charge is -2.02. The summed E-state index contributed by atoms with van der Waals surface area (Å²) in [6, 6.07) is 9.34. The van der Waals surface area contributed by atoms with Gasteiger partial charge in [-0.3, -0.25) is 4.79 Å². The lowest BCUT2D eigenvalue weighted by Crippen LogP contribution is -2.11. The lowest BCUT2D eigenvalue weighted by atomic mass is 10.1. The number of carboxylic acids is 1. The van der Waals surface area contributed by atoms with Crippen LogP contribution in [0.25, 0.3) is 6.08 Å². The van der Waals surface area contributed by atoms with E-state index in [1.54, 1.807) is 6.08 Å². The standard InChI is InChI=1S/C15H14O3S2/c1-10-9-19-15(20-10)13(14(17)18)12(16)8-7-11-5-3-2-4-6-11/h2-8,10H,9H2,1H3,(H,17,18)/b8-7-,15-13+/t10-/m1/s1. The summed E-state index contributed by atoms with van der Waals surface area (Å²) in [4.78, 5) is 23.4. The number of allylic oxidation sites excluding steroid dienone is 1. The molecule has 0 aliphatic carbocycles. The van der Waals surface area contributed by atoms with Gasteiger partial charge in [-0.25, -0.2) is 4.79 Å². The van der Waals surface area contributed by atoms with Crippen LogP contribution in [-0.4, -0.2) is 27.9 Å². The van der Waals surface area contributed by atoms with Crippen molar-refractivity contribution in [3.63, 3.8) is 0 Å². The van der Waals surface area contributed by atoms with Crippen molar-refractivity contribution in [3.05, 3.63) is 51.8 Å². The van der Waals surface area contributed by atoms with Crippen LogP contribution in [0, 0.1) is 0 Å². The first kappa shape index (κ1) is 14.9. The number of carboxylic acid groups (broad SMARTS) is 1. The molecule has 0 aromatic heterocycles. The van der Waals surface area contributed by atoms with Gasteiger partial charge >= 0.3 is 5.97 Å². The molecule has 3 nitrogen and oxygen atoms in total. The molecule has 1 heterocycles. The van der Waals surface area contributed by atoms with Gasteiger partial charge in [-0.15, -0.1) is 23.5 Å². The first-order chi connectivity index (χ1) is 9.58. The molecule has 1 atom stereocenters. The van der Waals surface area contributed by atoms with Gasteiger partial charge in [0.2, 0.25) is 0 Å². The molecule has 1 aromatic carbocycles. The van der Waals surface area contributed by atoms with E-state index in [0.717, 1.165) is 11.3 Å². The largest absolute Gasteiger partial charge is 0.477 e. The van der Waals surface area contributed by atoms with Gasteiger partial charge in [0.15, 0.2) is 5.78 Å². The van der Waals surface area contributed by atoms with Gasteiger partial charge < -0.3 is 5.11 Å². The molecule has 1 aliphatic rings. The SMILES string of the molecule is C[C@@H]1CS/C(=C(\C(=O)O)C(=O)/C=C\c2ccccc2)S1. The monoisotopic (exact) mass is 306 g/mol. The average molecular weight is 306 g/mol. The molecule has 0 saturated carbocycles. The second-order valence-electron chi connectivity index (χ2n) is 4.32. The van der Waals surface area contributed by atoms with Gasteiger partial charge in [0.05, 0.1) is 4.24 Å². The summed E-state index contributed by atoms with van der Waals surface area (Å²) in [6.07, 6.45) is 2.97. The van der Waals surface area contributed by atoms with E-state index in [1.165, 1.54) is 29.6 Å². The van der Waals surface area contributed by atoms with Gasteiger partial charge in [-0.2, -0.15) is 0 Å². The minimum absolute atomic E-state index is 0.114. The summed E-state index contributed by atoms with van der Waals surface area (Å²) < 4.78 is 0.618. The Hall–Kier alpha value is -1.46. The maximum atomic E-state index is 12.1. The number of thioether (sulfide) groups is 2. The number of carbonyl (C=O) groups excluding carboxylic acids is 1. The first-order valence-corrected chi connectivity index (χ1v) is 7.99. The maximum absolute atomic E-state index is 12.1. The molecule has 0 radical (unpaired) electrons. The summed E-state index contributed by atoms with van der Waals surface area (Å²) in [7, 11) is 0. The molecule has 20 heavy (non-hydrogen) atoms. The van der Waals surface area contributed by atoms with Crippen molar-refractivity contribution < 1.29 is 14.7 Å². The zero-order valence-corrected chi connectivity index (χ0v) is 12.5. The average Bonchev–Trinajstić information content (AvgIpc) is 2.83. The fraction of sp³-hybridized carbons (Fsp3) is 0.200. The van der Waals surface area contributed by atoms with E-state index < -0.39 is 11.8 Å². The molecular formula is C15H14O3S2. The third-order valence-corrected chi connectivity index (χ3v) is 5.62. The lowest BCUT2D eigenvalue weighted by molar-refractivity contribution is -0.134. The highest BCUT2D eigenvalue weighted by atomic mass is 32.2. The van der Waals surface area contributed by atoms with Crippen LogP contribution in [0.2, 0.25) is 0 Å². The van der Waals surface area contributed by atoms with Crippen LogP contribution in [0.15, 0.2) is 46.2 Å². The van der Waals surface area contributed by atoms with Crippen molar-refractivity contribution in [2.45, 2.75) is 12.2 Å². The van der Waals surface area contributed by atoms with Crippen molar-refractivity contribution in [1.82, 2.24) is 0 Å². The molecule has 0 unspecified atom stereocenters. The molecule has 1 aliphatic heterocycles. The molecular weight excluding hydrogens is 292 g/mol. The third kappa shape index (κ3) is 3.77. The summed E-state index contributed by atoms with van der Waals surface area (Å²) in [5.74, 6) is -0.769. The number of benzene rings is 1. The van der Waals surface area contributed by atoms with Crippen LogP contribution in [-0.2, 0) is 9.59 Å². The predicted molar refractivity (Wildman–Crippen MR) is 84.7 cm³/mol. The van der Waals surface area contributed by atoms with Gasteiger partial charge in [0, 0.05) is 11.0 Å². The summed E-state index contributed by atoms with van der Waals surface area (Å²) in [6.45, 7) is 2.02. The van der Waals surface area contributed by atoms with Gasteiger partial charge in [-0.1, -0.05) is 43.3 Å². The summed E-state index contributed by atoms with van der Waals surface area (Å²) in [5.41, 5.74) is 0.757. The number of rotatable bonds is 4. The fourth-order valence-corrected chi connectivity index (χ4v) is 4.52. The Bertz CT molecular complexity index is 576. The molecule has 0 bridgehead atoms. The van der Waals surface area contributed by atoms with E-state index in [1.807, 2.05) is 37.3 Å². The van der Waals surface area contributed by atoms with Crippen LogP contribution in [0.3, 0.4) is 0 Å². The van der Waals surface area contributed by atoms with Crippen molar-refractivity contribution in [2.24, 2.45) is 0 Å². The van der Waals surface area contributed by atoms with Crippen LogP contribution in [0.5, 0.6) is 0 Å². The molecule has 104 valence electrons. The molecule has 1 fully saturated rings. The molecule has 1 N–H and O–H groups in total. The van der Waals surface area contributed by atoms with Crippen molar-refractivity contribution in [1.29, 1.82) is 0 Å². The van der Waals surface area contributed by atoms with E-state index in [9.17, 15) is 14.7 Å². The van der Waals surface area contributed by atoms with E-state index in [4.69, 9.17) is 0 Å². The molecule has 2 rings (SSSR count). The Kier molecular flexibility index (Phi) is 5.09. The Balaban J connectivity index is 2.21. The van der Waals surface area contributed by atoms with Gasteiger partial charge in [0.25, 0.3) is 0 Å². The fourth-order valence-electron chi connectivity index (χ4n) is 1.69. The highest BCUT2D eigenvalue weighted by molar-refractivity contribution is 8.25. The van der Waals surface area contributed by atoms with Crippen LogP contribution < -0.4 is 0 Å². The van der Waals surface area contributed by atoms with Crippen molar-refractivity contribution in [3.8, 4) is 0 Å². The number of ketones is 1. The van der Waals surface area contributed by atoms with Gasteiger partial charge in [-0.05, 0) is 11.6 Å². The minimum atomic E-state index is -1.16. The third-order valence-electron chi connectivity index (χ3n) is 2.65. The molecule has 0 amide bonds. The highest BCUT2D eigenvalue weighted by Crippen LogP contribution is 2.43. The zero-order chi connectivity index (χ0) is 14.5. The molecule has 1 aromatic rings. The maximum Gasteiger partial charge on any atom is 0.341 e. The quantitative estimate of drug-likeness (QED) is 0.525. The minimum Gasteiger partial charge on any atom is -0.477 e. The van der Waals surface area contributed by atoms with Crippen LogP contribution in [0.4, 0.5) is 0 Å². The molecule has 1 saturated heterocycles. The smallest absolute Gasteiger partial charge is 0.341 e. The topological polar surface area (TPSA) is 54.4 Å². The number of carbonyl (C=O) groups is 2. The second kappa shape index (κ2) is 6.81. The normalized spacial score (nSPS) is 21.1. The Labute approximate surface area is 126 Å². The number of hydrogen-bond acceptors (Lipinski definition) is 4. The Morgan fingerprint density at radius 1 is 1.30 bits per heavy atom. The van der Waals surface area contributed by atoms with Crippen LogP contribution >= 0.6 is 23.5 Å². The first-order valence-electron chi connectivity index (χ1n) is 6.12. The highest BCUT2D eigenvalue weighted by Gasteiger charge is 2.27. The van der Waals surface area contributed by atoms with Crippen molar-refractivity contribution >= 4 is 41.4 Å². The predicted octanol–water partition coefficient (Wildman–Crippen LogP) is 3.43. The van der Waals surface area contributed by atoms with Gasteiger partial charge in [0.1, 0.15) is 5.57 Å². The Morgan fingerprint density at radius 2 is 2.00 bits per heavy atom. The second-order valence-corrected chi connectivity index (χ2v) is 7.05. The van der Waals surface area contributed by atoms with E-state index in [2.05, 4.69) is 0 Å². The summed E-state index contributed by atoms with van der Waals surface area (Å²) in [5, 5.41) is 9.59.